The highest BCUT2D eigenvalue weighted by Crippen LogP contribution is 2.33. The van der Waals surface area contributed by atoms with Gasteiger partial charge in [0, 0.05) is 27.7 Å². The van der Waals surface area contributed by atoms with Crippen molar-refractivity contribution in [3.8, 4) is 0 Å². The van der Waals surface area contributed by atoms with Crippen molar-refractivity contribution < 1.29 is 38.1 Å². The Balaban J connectivity index is 2.40. The Kier molecular flexibility index (Phi) is 6.98. The minimum atomic E-state index is -1.32. The van der Waals surface area contributed by atoms with Crippen LogP contribution in [0.15, 0.2) is 11.0 Å². The molecular formula is C16H20N4O9. The summed E-state index contributed by atoms with van der Waals surface area (Å²) in [4.78, 5) is 61.3. The van der Waals surface area contributed by atoms with E-state index in [1.165, 1.54) is 13.8 Å². The molecule has 0 aliphatic carbocycles. The summed E-state index contributed by atoms with van der Waals surface area (Å²) in [6, 6.07) is 0. The van der Waals surface area contributed by atoms with Crippen molar-refractivity contribution in [1.29, 1.82) is 0 Å². The van der Waals surface area contributed by atoms with Gasteiger partial charge in [-0.3, -0.25) is 19.2 Å². The summed E-state index contributed by atoms with van der Waals surface area (Å²) in [7, 11) is 0. The third kappa shape index (κ3) is 5.81. The molecule has 13 nitrogen and oxygen atoms in total. The van der Waals surface area contributed by atoms with Gasteiger partial charge in [-0.2, -0.15) is 14.8 Å². The molecule has 29 heavy (non-hydrogen) atoms. The quantitative estimate of drug-likeness (QED) is 0.446. The molecule has 1 aliphatic heterocycles. The largest absolute Gasteiger partial charge is 0.463 e. The van der Waals surface area contributed by atoms with Crippen molar-refractivity contribution in [2.45, 2.75) is 52.2 Å². The number of nitrogens with zero attached hydrogens (tertiary/aromatic N) is 3. The van der Waals surface area contributed by atoms with Crippen LogP contribution < -0.4 is 11.0 Å². The Bertz CT molecular complexity index is 868. The summed E-state index contributed by atoms with van der Waals surface area (Å²) in [5.74, 6) is -2.59. The second-order valence-corrected chi connectivity index (χ2v) is 6.07. The number of ether oxygens (including phenoxy) is 4. The molecule has 0 unspecified atom stereocenters. The molecule has 1 saturated heterocycles. The molecule has 4 atom stereocenters. The Morgan fingerprint density at radius 3 is 2.21 bits per heavy atom. The Morgan fingerprint density at radius 2 is 1.69 bits per heavy atom. The highest BCUT2D eigenvalue weighted by atomic mass is 16.7. The number of anilines is 1. The molecule has 13 heteroatoms. The van der Waals surface area contributed by atoms with E-state index >= 15 is 0 Å². The van der Waals surface area contributed by atoms with Gasteiger partial charge in [0.1, 0.15) is 12.7 Å². The molecule has 0 radical (unpaired) electrons. The third-order valence-corrected chi connectivity index (χ3v) is 3.60. The third-order valence-electron chi connectivity index (χ3n) is 3.60. The van der Waals surface area contributed by atoms with Crippen molar-refractivity contribution in [2.75, 3.05) is 11.9 Å². The first-order valence-corrected chi connectivity index (χ1v) is 8.45. The van der Waals surface area contributed by atoms with E-state index in [1.54, 1.807) is 0 Å². The number of rotatable bonds is 6. The van der Waals surface area contributed by atoms with Gasteiger partial charge in [0.15, 0.2) is 24.3 Å². The number of esters is 3. The number of nitrogens with one attached hydrogen (secondary N) is 1. The number of amides is 1. The van der Waals surface area contributed by atoms with Crippen molar-refractivity contribution in [2.24, 2.45) is 0 Å². The monoisotopic (exact) mass is 412 g/mol. The van der Waals surface area contributed by atoms with Crippen LogP contribution in [0.4, 0.5) is 5.82 Å². The van der Waals surface area contributed by atoms with E-state index < -0.39 is 54.0 Å². The van der Waals surface area contributed by atoms with Gasteiger partial charge < -0.3 is 24.3 Å². The molecule has 2 rings (SSSR count). The minimum Gasteiger partial charge on any atom is -0.463 e. The average Bonchev–Trinajstić information content (AvgIpc) is 2.89. The molecule has 0 aromatic carbocycles. The first-order chi connectivity index (χ1) is 13.6. The van der Waals surface area contributed by atoms with E-state index in [2.05, 4.69) is 15.4 Å². The molecule has 2 heterocycles. The van der Waals surface area contributed by atoms with Gasteiger partial charge in [-0.05, 0) is 0 Å². The molecule has 1 amide bonds. The second kappa shape index (κ2) is 9.23. The summed E-state index contributed by atoms with van der Waals surface area (Å²) in [5.41, 5.74) is -0.923. The Morgan fingerprint density at radius 1 is 1.07 bits per heavy atom. The molecule has 1 aromatic heterocycles. The van der Waals surface area contributed by atoms with E-state index in [0.29, 0.717) is 0 Å². The number of carbonyl (C=O) groups excluding carboxylic acids is 4. The molecule has 0 saturated carbocycles. The van der Waals surface area contributed by atoms with Crippen LogP contribution in [0, 0.1) is 0 Å². The topological polar surface area (TPSA) is 165 Å². The van der Waals surface area contributed by atoms with Gasteiger partial charge in [-0.25, -0.2) is 4.79 Å². The Hall–Kier alpha value is -3.35. The fourth-order valence-electron chi connectivity index (χ4n) is 2.65. The summed E-state index contributed by atoms with van der Waals surface area (Å²) in [6.45, 7) is 4.33. The van der Waals surface area contributed by atoms with Crippen LogP contribution in [-0.4, -0.2) is 63.5 Å². The highest BCUT2D eigenvalue weighted by molar-refractivity contribution is 5.87. The van der Waals surface area contributed by atoms with Gasteiger partial charge >= 0.3 is 23.6 Å². The Labute approximate surface area is 164 Å². The highest BCUT2D eigenvalue weighted by Gasteiger charge is 2.51. The molecule has 0 spiro atoms. The zero-order chi connectivity index (χ0) is 21.7. The average molecular weight is 412 g/mol. The second-order valence-electron chi connectivity index (χ2n) is 6.07. The lowest BCUT2D eigenvalue weighted by atomic mass is 10.1. The normalized spacial score (nSPS) is 23.2. The summed E-state index contributed by atoms with van der Waals surface area (Å²) >= 11 is 0. The SMILES string of the molecule is CC(=O)Nc1cnn([C@@H]2O[C@H](COC(C)=O)[C@@H](OC(C)=O)[C@H]2OC(C)=O)c(=O)n1. The van der Waals surface area contributed by atoms with Crippen molar-refractivity contribution in [1.82, 2.24) is 14.8 Å². The first-order valence-electron chi connectivity index (χ1n) is 8.45. The van der Waals surface area contributed by atoms with Crippen LogP contribution in [-0.2, 0) is 38.1 Å². The van der Waals surface area contributed by atoms with E-state index in [-0.39, 0.29) is 12.4 Å². The van der Waals surface area contributed by atoms with Gasteiger partial charge in [0.05, 0.1) is 6.20 Å². The predicted molar refractivity (Wildman–Crippen MR) is 92.2 cm³/mol. The van der Waals surface area contributed by atoms with Crippen LogP contribution >= 0.6 is 0 Å². The van der Waals surface area contributed by atoms with Crippen molar-refractivity contribution >= 4 is 29.6 Å². The van der Waals surface area contributed by atoms with Crippen LogP contribution in [0.25, 0.3) is 0 Å². The van der Waals surface area contributed by atoms with Gasteiger partial charge in [0.2, 0.25) is 5.91 Å². The smallest absolute Gasteiger partial charge is 0.368 e. The maximum absolute atomic E-state index is 12.4. The maximum atomic E-state index is 12.4. The molecule has 1 aliphatic rings. The minimum absolute atomic E-state index is 0.0891. The van der Waals surface area contributed by atoms with Gasteiger partial charge in [-0.1, -0.05) is 0 Å². The van der Waals surface area contributed by atoms with E-state index in [4.69, 9.17) is 18.9 Å². The van der Waals surface area contributed by atoms with Crippen LogP contribution in [0.1, 0.15) is 33.9 Å². The molecule has 1 N–H and O–H groups in total. The summed E-state index contributed by atoms with van der Waals surface area (Å²) in [6.07, 6.45) is -3.71. The van der Waals surface area contributed by atoms with E-state index in [1.807, 2.05) is 0 Å². The van der Waals surface area contributed by atoms with Crippen LogP contribution in [0.5, 0.6) is 0 Å². The van der Waals surface area contributed by atoms with Crippen LogP contribution in [0.3, 0.4) is 0 Å². The van der Waals surface area contributed by atoms with E-state index in [0.717, 1.165) is 24.7 Å². The zero-order valence-corrected chi connectivity index (χ0v) is 16.1. The molecule has 1 fully saturated rings. The van der Waals surface area contributed by atoms with Crippen LogP contribution in [0.2, 0.25) is 0 Å². The molecular weight excluding hydrogens is 392 g/mol. The lowest BCUT2D eigenvalue weighted by Crippen LogP contribution is -2.42. The zero-order valence-electron chi connectivity index (χ0n) is 16.1. The standard InChI is InChI=1S/C16H20N4O9/c1-7(21)18-12-5-17-20(16(25)19-12)15-14(28-10(4)24)13(27-9(3)23)11(29-15)6-26-8(2)22/h5,11,13-15H,6H2,1-4H3,(H,18,19,21,25)/t11-,13-,14-,15-/m1/s1. The first kappa shape index (κ1) is 21.9. The molecule has 158 valence electrons. The number of carbonyl (C=O) groups is 4. The maximum Gasteiger partial charge on any atom is 0.368 e. The number of aromatic nitrogens is 3. The van der Waals surface area contributed by atoms with Crippen molar-refractivity contribution in [3.05, 3.63) is 16.7 Å². The van der Waals surface area contributed by atoms with Crippen molar-refractivity contribution in [3.63, 3.8) is 0 Å². The fourth-order valence-corrected chi connectivity index (χ4v) is 2.65. The molecule has 0 bridgehead atoms. The predicted octanol–water partition coefficient (Wildman–Crippen LogP) is -1.08. The lowest BCUT2D eigenvalue weighted by molar-refractivity contribution is -0.166. The van der Waals surface area contributed by atoms with Gasteiger partial charge in [0.25, 0.3) is 0 Å². The number of hydrogen-bond acceptors (Lipinski definition) is 11. The number of hydrogen-bond donors (Lipinski definition) is 1. The van der Waals surface area contributed by atoms with E-state index in [9.17, 15) is 24.0 Å². The lowest BCUT2D eigenvalue weighted by Gasteiger charge is -2.23. The fraction of sp³-hybridized carbons (Fsp3) is 0.562. The summed E-state index contributed by atoms with van der Waals surface area (Å²) < 4.78 is 21.7. The summed E-state index contributed by atoms with van der Waals surface area (Å²) in [5, 5.41) is 6.18. The van der Waals surface area contributed by atoms with Gasteiger partial charge in [-0.15, -0.1) is 0 Å². The molecule has 1 aromatic rings.